The predicted molar refractivity (Wildman–Crippen MR) is 84.1 cm³/mol. The molecule has 0 spiro atoms. The summed E-state index contributed by atoms with van der Waals surface area (Å²) in [6, 6.07) is 17.2. The smallest absolute Gasteiger partial charge is 0.271 e. The molecule has 0 atom stereocenters. The minimum atomic E-state index is -0.111. The summed E-state index contributed by atoms with van der Waals surface area (Å²) in [4.78, 5) is 18.3. The Bertz CT molecular complexity index is 753. The van der Waals surface area contributed by atoms with E-state index in [0.717, 1.165) is 17.0 Å². The molecule has 0 aliphatic rings. The molecule has 5 heteroatoms. The Morgan fingerprint density at radius 3 is 2.64 bits per heavy atom. The fraction of sp³-hybridized carbons (Fsp3) is 0.118. The highest BCUT2D eigenvalue weighted by molar-refractivity contribution is 5.93. The van der Waals surface area contributed by atoms with Crippen molar-refractivity contribution in [1.82, 2.24) is 20.1 Å². The van der Waals surface area contributed by atoms with Gasteiger partial charge in [-0.1, -0.05) is 36.4 Å². The van der Waals surface area contributed by atoms with E-state index in [9.17, 15) is 4.79 Å². The van der Waals surface area contributed by atoms with E-state index in [2.05, 4.69) is 15.2 Å². The van der Waals surface area contributed by atoms with Crippen molar-refractivity contribution < 1.29 is 4.79 Å². The summed E-state index contributed by atoms with van der Waals surface area (Å²) in [7, 11) is 1.75. The third-order valence-corrected chi connectivity index (χ3v) is 3.35. The molecule has 2 aromatic heterocycles. The predicted octanol–water partition coefficient (Wildman–Crippen LogP) is 2.74. The SMILES string of the molecule is CN(Cc1ccccn1)C(=O)c1cc(-c2ccccc2)n[nH]1. The second kappa shape index (κ2) is 6.22. The first-order valence-electron chi connectivity index (χ1n) is 7.00. The fourth-order valence-electron chi connectivity index (χ4n) is 2.20. The number of pyridine rings is 1. The van der Waals surface area contributed by atoms with Crippen LogP contribution in [-0.4, -0.2) is 33.0 Å². The number of aromatic nitrogens is 3. The van der Waals surface area contributed by atoms with Crippen molar-refractivity contribution in [2.24, 2.45) is 0 Å². The largest absolute Gasteiger partial charge is 0.334 e. The number of amides is 1. The number of carbonyl (C=O) groups excluding carboxylic acids is 1. The van der Waals surface area contributed by atoms with Gasteiger partial charge >= 0.3 is 0 Å². The van der Waals surface area contributed by atoms with Gasteiger partial charge in [-0.05, 0) is 18.2 Å². The second-order valence-electron chi connectivity index (χ2n) is 5.02. The Balaban J connectivity index is 1.74. The zero-order valence-electron chi connectivity index (χ0n) is 12.2. The van der Waals surface area contributed by atoms with E-state index in [1.54, 1.807) is 24.2 Å². The van der Waals surface area contributed by atoms with Crippen LogP contribution in [0.1, 0.15) is 16.2 Å². The van der Waals surface area contributed by atoms with E-state index in [-0.39, 0.29) is 5.91 Å². The molecule has 3 aromatic rings. The monoisotopic (exact) mass is 292 g/mol. The van der Waals surface area contributed by atoms with Crippen LogP contribution < -0.4 is 0 Å². The van der Waals surface area contributed by atoms with Crippen LogP contribution in [0, 0.1) is 0 Å². The van der Waals surface area contributed by atoms with Crippen molar-refractivity contribution >= 4 is 5.91 Å². The number of carbonyl (C=O) groups is 1. The molecule has 2 heterocycles. The van der Waals surface area contributed by atoms with Gasteiger partial charge < -0.3 is 4.90 Å². The molecule has 0 saturated carbocycles. The zero-order chi connectivity index (χ0) is 15.4. The Morgan fingerprint density at radius 1 is 1.14 bits per heavy atom. The highest BCUT2D eigenvalue weighted by Crippen LogP contribution is 2.17. The van der Waals surface area contributed by atoms with Gasteiger partial charge in [0.25, 0.3) is 5.91 Å². The maximum Gasteiger partial charge on any atom is 0.271 e. The molecule has 0 fully saturated rings. The van der Waals surface area contributed by atoms with Crippen LogP contribution >= 0.6 is 0 Å². The lowest BCUT2D eigenvalue weighted by atomic mass is 10.1. The number of H-pyrrole nitrogens is 1. The molecule has 0 aliphatic heterocycles. The van der Waals surface area contributed by atoms with Crippen molar-refractivity contribution in [1.29, 1.82) is 0 Å². The van der Waals surface area contributed by atoms with E-state index >= 15 is 0 Å². The van der Waals surface area contributed by atoms with Crippen LogP contribution in [0.4, 0.5) is 0 Å². The van der Waals surface area contributed by atoms with Crippen LogP contribution in [0.25, 0.3) is 11.3 Å². The van der Waals surface area contributed by atoms with E-state index in [4.69, 9.17) is 0 Å². The van der Waals surface area contributed by atoms with E-state index in [0.29, 0.717) is 12.2 Å². The fourth-order valence-corrected chi connectivity index (χ4v) is 2.20. The molecule has 0 bridgehead atoms. The molecule has 5 nitrogen and oxygen atoms in total. The first-order valence-corrected chi connectivity index (χ1v) is 7.00. The number of nitrogens with zero attached hydrogens (tertiary/aromatic N) is 3. The lowest BCUT2D eigenvalue weighted by Crippen LogP contribution is -2.26. The van der Waals surface area contributed by atoms with Gasteiger partial charge in [0.05, 0.1) is 17.9 Å². The minimum absolute atomic E-state index is 0.111. The number of nitrogens with one attached hydrogen (secondary N) is 1. The topological polar surface area (TPSA) is 61.9 Å². The normalized spacial score (nSPS) is 10.4. The molecule has 1 aromatic carbocycles. The van der Waals surface area contributed by atoms with E-state index in [1.807, 2.05) is 48.5 Å². The molecule has 22 heavy (non-hydrogen) atoms. The van der Waals surface area contributed by atoms with Gasteiger partial charge in [-0.2, -0.15) is 5.10 Å². The number of aromatic amines is 1. The van der Waals surface area contributed by atoms with Crippen molar-refractivity contribution in [2.75, 3.05) is 7.05 Å². The Kier molecular flexibility index (Phi) is 3.96. The molecule has 110 valence electrons. The zero-order valence-corrected chi connectivity index (χ0v) is 12.2. The highest BCUT2D eigenvalue weighted by atomic mass is 16.2. The molecule has 3 rings (SSSR count). The first kappa shape index (κ1) is 14.0. The average Bonchev–Trinajstić information content (AvgIpc) is 3.06. The minimum Gasteiger partial charge on any atom is -0.334 e. The van der Waals surface area contributed by atoms with Crippen LogP contribution in [0.3, 0.4) is 0 Å². The Hall–Kier alpha value is -2.95. The van der Waals surface area contributed by atoms with Gasteiger partial charge in [0.1, 0.15) is 5.69 Å². The molecular weight excluding hydrogens is 276 g/mol. The van der Waals surface area contributed by atoms with Gasteiger partial charge in [-0.15, -0.1) is 0 Å². The van der Waals surface area contributed by atoms with Crippen LogP contribution in [0.15, 0.2) is 60.8 Å². The average molecular weight is 292 g/mol. The standard InChI is InChI=1S/C17H16N4O/c1-21(12-14-9-5-6-10-18-14)17(22)16-11-15(19-20-16)13-7-3-2-4-8-13/h2-11H,12H2,1H3,(H,19,20). The molecule has 1 N–H and O–H groups in total. The number of hydrogen-bond acceptors (Lipinski definition) is 3. The van der Waals surface area contributed by atoms with E-state index < -0.39 is 0 Å². The summed E-state index contributed by atoms with van der Waals surface area (Å²) in [6.45, 7) is 0.458. The molecule has 0 saturated heterocycles. The van der Waals surface area contributed by atoms with Gasteiger partial charge in [-0.3, -0.25) is 14.9 Å². The van der Waals surface area contributed by atoms with Crippen molar-refractivity contribution in [3.63, 3.8) is 0 Å². The van der Waals surface area contributed by atoms with Crippen molar-refractivity contribution in [3.8, 4) is 11.3 Å². The number of hydrogen-bond donors (Lipinski definition) is 1. The summed E-state index contributed by atoms with van der Waals surface area (Å²) in [6.07, 6.45) is 1.72. The van der Waals surface area contributed by atoms with Gasteiger partial charge in [-0.25, -0.2) is 0 Å². The molecule has 0 aliphatic carbocycles. The van der Waals surface area contributed by atoms with Crippen molar-refractivity contribution in [2.45, 2.75) is 6.54 Å². The van der Waals surface area contributed by atoms with Crippen LogP contribution in [0.2, 0.25) is 0 Å². The summed E-state index contributed by atoms with van der Waals surface area (Å²) in [5.74, 6) is -0.111. The summed E-state index contributed by atoms with van der Waals surface area (Å²) < 4.78 is 0. The molecule has 1 amide bonds. The lowest BCUT2D eigenvalue weighted by molar-refractivity contribution is 0.0777. The van der Waals surface area contributed by atoms with Gasteiger partial charge in [0.2, 0.25) is 0 Å². The molecule has 0 radical (unpaired) electrons. The highest BCUT2D eigenvalue weighted by Gasteiger charge is 2.15. The quantitative estimate of drug-likeness (QED) is 0.804. The Morgan fingerprint density at radius 2 is 1.91 bits per heavy atom. The lowest BCUT2D eigenvalue weighted by Gasteiger charge is -2.15. The second-order valence-corrected chi connectivity index (χ2v) is 5.02. The number of benzene rings is 1. The molecule has 0 unspecified atom stereocenters. The number of rotatable bonds is 4. The van der Waals surface area contributed by atoms with Crippen LogP contribution in [0.5, 0.6) is 0 Å². The van der Waals surface area contributed by atoms with Gasteiger partial charge in [0.15, 0.2) is 0 Å². The summed E-state index contributed by atoms with van der Waals surface area (Å²) in [5.41, 5.74) is 3.05. The van der Waals surface area contributed by atoms with E-state index in [1.165, 1.54) is 0 Å². The third kappa shape index (κ3) is 3.03. The maximum atomic E-state index is 12.4. The van der Waals surface area contributed by atoms with Gasteiger partial charge in [0, 0.05) is 18.8 Å². The summed E-state index contributed by atoms with van der Waals surface area (Å²) in [5, 5.41) is 7.02. The van der Waals surface area contributed by atoms with Crippen molar-refractivity contribution in [3.05, 3.63) is 72.2 Å². The maximum absolute atomic E-state index is 12.4. The molecular formula is C17H16N4O. The Labute approximate surface area is 128 Å². The van der Waals surface area contributed by atoms with Crippen LogP contribution in [-0.2, 0) is 6.54 Å². The first-order chi connectivity index (χ1) is 10.7. The third-order valence-electron chi connectivity index (χ3n) is 3.35. The summed E-state index contributed by atoms with van der Waals surface area (Å²) >= 11 is 0.